The van der Waals surface area contributed by atoms with Gasteiger partial charge < -0.3 is 13.8 Å². The average molecular weight is 284 g/mol. The van der Waals surface area contributed by atoms with E-state index in [9.17, 15) is 4.79 Å². The van der Waals surface area contributed by atoms with Crippen LogP contribution < -0.4 is 0 Å². The lowest BCUT2D eigenvalue weighted by atomic mass is 10.2. The molecule has 0 aliphatic heterocycles. The van der Waals surface area contributed by atoms with Crippen LogP contribution in [0.3, 0.4) is 0 Å². The zero-order chi connectivity index (χ0) is 14.8. The molecule has 1 aromatic carbocycles. The Kier molecular flexibility index (Phi) is 3.48. The van der Waals surface area contributed by atoms with Gasteiger partial charge in [-0.25, -0.2) is 4.79 Å². The first kappa shape index (κ1) is 13.4. The maximum absolute atomic E-state index is 12.3. The van der Waals surface area contributed by atoms with Crippen molar-refractivity contribution in [3.05, 3.63) is 53.5 Å². The fourth-order valence-corrected chi connectivity index (χ4v) is 2.37. The largest absolute Gasteiger partial charge is 0.454 e. The topological polar surface area (TPSA) is 57.3 Å². The normalized spacial score (nSPS) is 11.0. The summed E-state index contributed by atoms with van der Waals surface area (Å²) in [6.07, 6.45) is 1.83. The lowest BCUT2D eigenvalue weighted by Gasteiger charge is -2.00. The molecule has 5 heteroatoms. The third kappa shape index (κ3) is 2.54. The van der Waals surface area contributed by atoms with E-state index in [4.69, 9.17) is 9.26 Å². The second-order valence-corrected chi connectivity index (χ2v) is 4.86. The average Bonchev–Trinajstić information content (AvgIpc) is 3.08. The van der Waals surface area contributed by atoms with E-state index in [1.807, 2.05) is 48.9 Å². The maximum atomic E-state index is 12.3. The molecule has 0 fully saturated rings. The summed E-state index contributed by atoms with van der Waals surface area (Å²) in [6, 6.07) is 9.55. The lowest BCUT2D eigenvalue weighted by molar-refractivity contribution is 0.0439. The summed E-state index contributed by atoms with van der Waals surface area (Å²) >= 11 is 0. The number of hydrogen-bond acceptors (Lipinski definition) is 4. The molecular formula is C16H16N2O3. The highest BCUT2D eigenvalue weighted by Gasteiger charge is 2.16. The fourth-order valence-electron chi connectivity index (χ4n) is 2.37. The van der Waals surface area contributed by atoms with Gasteiger partial charge in [0.25, 0.3) is 0 Å². The minimum Gasteiger partial charge on any atom is -0.454 e. The molecule has 0 saturated carbocycles. The molecular weight excluding hydrogens is 268 g/mol. The van der Waals surface area contributed by atoms with E-state index >= 15 is 0 Å². The zero-order valence-electron chi connectivity index (χ0n) is 12.0. The van der Waals surface area contributed by atoms with Crippen molar-refractivity contribution in [2.75, 3.05) is 0 Å². The number of fused-ring (bicyclic) bond motifs is 1. The van der Waals surface area contributed by atoms with Crippen LogP contribution in [-0.4, -0.2) is 15.7 Å². The molecule has 0 bridgehead atoms. The minimum absolute atomic E-state index is 0.0886. The SMILES string of the molecule is CCn1cc(C(=O)OCc2cc(C)no2)c2ccccc21. The molecule has 0 N–H and O–H groups in total. The molecule has 0 unspecified atom stereocenters. The number of aryl methyl sites for hydroxylation is 2. The number of carbonyl (C=O) groups excluding carboxylic acids is 1. The lowest BCUT2D eigenvalue weighted by Crippen LogP contribution is -2.04. The van der Waals surface area contributed by atoms with E-state index in [0.717, 1.165) is 23.1 Å². The molecule has 5 nitrogen and oxygen atoms in total. The Morgan fingerprint density at radius 2 is 2.19 bits per heavy atom. The standard InChI is InChI=1S/C16H16N2O3/c1-3-18-9-14(13-6-4-5-7-15(13)18)16(19)20-10-12-8-11(2)17-21-12/h4-9H,3,10H2,1-2H3. The summed E-state index contributed by atoms with van der Waals surface area (Å²) in [5, 5.41) is 4.67. The molecule has 3 aromatic rings. The van der Waals surface area contributed by atoms with Gasteiger partial charge in [0, 0.05) is 29.7 Å². The Bertz CT molecular complexity index is 786. The molecule has 0 radical (unpaired) electrons. The van der Waals surface area contributed by atoms with Gasteiger partial charge in [-0.05, 0) is 19.9 Å². The number of hydrogen-bond donors (Lipinski definition) is 0. The summed E-state index contributed by atoms with van der Waals surface area (Å²) in [4.78, 5) is 12.3. The Hall–Kier alpha value is -2.56. The van der Waals surface area contributed by atoms with Crippen LogP contribution in [0.25, 0.3) is 10.9 Å². The van der Waals surface area contributed by atoms with Crippen molar-refractivity contribution in [2.45, 2.75) is 27.0 Å². The van der Waals surface area contributed by atoms with Crippen molar-refractivity contribution in [3.8, 4) is 0 Å². The Morgan fingerprint density at radius 3 is 2.90 bits per heavy atom. The highest BCUT2D eigenvalue weighted by Crippen LogP contribution is 2.22. The van der Waals surface area contributed by atoms with Gasteiger partial charge in [-0.15, -0.1) is 0 Å². The van der Waals surface area contributed by atoms with Gasteiger partial charge in [0.2, 0.25) is 0 Å². The van der Waals surface area contributed by atoms with E-state index in [2.05, 4.69) is 5.16 Å². The molecule has 0 spiro atoms. The molecule has 0 aliphatic rings. The first-order valence-corrected chi connectivity index (χ1v) is 6.86. The molecule has 0 amide bonds. The van der Waals surface area contributed by atoms with Crippen LogP contribution in [0, 0.1) is 6.92 Å². The number of nitrogens with zero attached hydrogens (tertiary/aromatic N) is 2. The van der Waals surface area contributed by atoms with Crippen molar-refractivity contribution < 1.29 is 14.1 Å². The van der Waals surface area contributed by atoms with Gasteiger partial charge in [-0.3, -0.25) is 0 Å². The number of ether oxygens (including phenoxy) is 1. The highest BCUT2D eigenvalue weighted by atomic mass is 16.5. The van der Waals surface area contributed by atoms with Crippen molar-refractivity contribution >= 4 is 16.9 Å². The van der Waals surface area contributed by atoms with Gasteiger partial charge in [0.15, 0.2) is 12.4 Å². The molecule has 0 atom stereocenters. The van der Waals surface area contributed by atoms with Gasteiger partial charge in [-0.2, -0.15) is 0 Å². The van der Waals surface area contributed by atoms with E-state index in [1.165, 1.54) is 0 Å². The predicted octanol–water partition coefficient (Wildman–Crippen LogP) is 3.31. The number of para-hydroxylation sites is 1. The quantitative estimate of drug-likeness (QED) is 0.690. The van der Waals surface area contributed by atoms with Crippen LogP contribution in [0.5, 0.6) is 0 Å². The van der Waals surface area contributed by atoms with Crippen molar-refractivity contribution in [1.82, 2.24) is 9.72 Å². The summed E-state index contributed by atoms with van der Waals surface area (Å²) < 4.78 is 12.4. The van der Waals surface area contributed by atoms with Gasteiger partial charge in [0.1, 0.15) is 0 Å². The molecule has 0 aliphatic carbocycles. The van der Waals surface area contributed by atoms with Crippen LogP contribution in [0.2, 0.25) is 0 Å². The molecule has 3 rings (SSSR count). The third-order valence-electron chi connectivity index (χ3n) is 3.37. The number of rotatable bonds is 4. The van der Waals surface area contributed by atoms with Gasteiger partial charge in [-0.1, -0.05) is 23.4 Å². The van der Waals surface area contributed by atoms with E-state index in [-0.39, 0.29) is 12.6 Å². The second-order valence-electron chi connectivity index (χ2n) is 4.86. The number of carbonyl (C=O) groups is 1. The third-order valence-corrected chi connectivity index (χ3v) is 3.37. The van der Waals surface area contributed by atoms with Gasteiger partial charge >= 0.3 is 5.97 Å². The monoisotopic (exact) mass is 284 g/mol. The van der Waals surface area contributed by atoms with Crippen LogP contribution in [0.4, 0.5) is 0 Å². The summed E-state index contributed by atoms with van der Waals surface area (Å²) in [6.45, 7) is 4.75. The van der Waals surface area contributed by atoms with Crippen LogP contribution >= 0.6 is 0 Å². The van der Waals surface area contributed by atoms with Crippen molar-refractivity contribution in [2.24, 2.45) is 0 Å². The number of benzene rings is 1. The molecule has 108 valence electrons. The number of aromatic nitrogens is 2. The fraction of sp³-hybridized carbons (Fsp3) is 0.250. The molecule has 21 heavy (non-hydrogen) atoms. The van der Waals surface area contributed by atoms with Crippen LogP contribution in [-0.2, 0) is 17.9 Å². The zero-order valence-corrected chi connectivity index (χ0v) is 12.0. The Labute approximate surface area is 122 Å². The summed E-state index contributed by atoms with van der Waals surface area (Å²) in [5.41, 5.74) is 2.37. The minimum atomic E-state index is -0.354. The summed E-state index contributed by atoms with van der Waals surface area (Å²) in [5.74, 6) is 0.188. The smallest absolute Gasteiger partial charge is 0.340 e. The number of esters is 1. The molecule has 2 heterocycles. The summed E-state index contributed by atoms with van der Waals surface area (Å²) in [7, 11) is 0. The maximum Gasteiger partial charge on any atom is 0.340 e. The van der Waals surface area contributed by atoms with Crippen molar-refractivity contribution in [1.29, 1.82) is 0 Å². The van der Waals surface area contributed by atoms with Crippen LogP contribution in [0.1, 0.15) is 28.7 Å². The van der Waals surface area contributed by atoms with E-state index in [1.54, 1.807) is 6.07 Å². The van der Waals surface area contributed by atoms with Crippen LogP contribution in [0.15, 0.2) is 41.1 Å². The Morgan fingerprint density at radius 1 is 1.38 bits per heavy atom. The first-order chi connectivity index (χ1) is 10.2. The Balaban J connectivity index is 1.84. The molecule has 0 saturated heterocycles. The second kappa shape index (κ2) is 5.44. The highest BCUT2D eigenvalue weighted by molar-refractivity contribution is 6.04. The molecule has 2 aromatic heterocycles. The van der Waals surface area contributed by atoms with Crippen molar-refractivity contribution in [3.63, 3.8) is 0 Å². The van der Waals surface area contributed by atoms with E-state index in [0.29, 0.717) is 11.3 Å². The predicted molar refractivity (Wildman–Crippen MR) is 78.0 cm³/mol. The van der Waals surface area contributed by atoms with Gasteiger partial charge in [0.05, 0.1) is 11.3 Å². The van der Waals surface area contributed by atoms with E-state index < -0.39 is 0 Å². The first-order valence-electron chi connectivity index (χ1n) is 6.86.